The Balaban J connectivity index is 2.10. The first kappa shape index (κ1) is 31.9. The maximum Gasteiger partial charge on any atom is 0.419 e. The number of rotatable bonds is 15. The van der Waals surface area contributed by atoms with Crippen LogP contribution in [0, 0.1) is 5.82 Å². The Morgan fingerprint density at radius 2 is 1.56 bits per heavy atom. The van der Waals surface area contributed by atoms with E-state index in [1.54, 1.807) is 0 Å². The normalized spacial score (nSPS) is 13.0. The van der Waals surface area contributed by atoms with E-state index in [4.69, 9.17) is 17.2 Å². The maximum absolute atomic E-state index is 13.6. The lowest BCUT2D eigenvalue weighted by atomic mass is 9.96. The van der Waals surface area contributed by atoms with E-state index >= 15 is 0 Å². The number of alkyl halides is 3. The van der Waals surface area contributed by atoms with Gasteiger partial charge < -0.3 is 27.4 Å². The smallest absolute Gasteiger partial charge is 0.345 e. The second-order valence-corrected chi connectivity index (χ2v) is 9.13. The van der Waals surface area contributed by atoms with Crippen LogP contribution in [0.2, 0.25) is 0 Å². The van der Waals surface area contributed by atoms with Gasteiger partial charge in [-0.15, -0.1) is 0 Å². The molecule has 0 aromatic heterocycles. The lowest BCUT2D eigenvalue weighted by molar-refractivity contribution is -0.140. The number of amides is 2. The van der Waals surface area contributed by atoms with Crippen LogP contribution in [0.4, 0.5) is 17.6 Å². The monoisotopic (exact) mass is 553 g/mol. The average molecular weight is 554 g/mol. The third kappa shape index (κ3) is 10.4. The number of benzene rings is 2. The number of hydrogen-bond acceptors (Lipinski definition) is 6. The van der Waals surface area contributed by atoms with Crippen LogP contribution in [0.1, 0.15) is 36.0 Å². The summed E-state index contributed by atoms with van der Waals surface area (Å²) < 4.78 is 52.8. The van der Waals surface area contributed by atoms with Crippen LogP contribution in [0.15, 0.2) is 48.5 Å². The quantitative estimate of drug-likeness (QED) is 0.248. The molecule has 0 aliphatic carbocycles. The Kier molecular flexibility index (Phi) is 12.5. The minimum atomic E-state index is -4.87. The van der Waals surface area contributed by atoms with Gasteiger partial charge in [0.2, 0.25) is 11.8 Å². The molecule has 12 heteroatoms. The Morgan fingerprint density at radius 3 is 2.15 bits per heavy atom. The first-order valence-electron chi connectivity index (χ1n) is 12.6. The number of hydrogen-bond donors (Lipinski definition) is 4. The van der Waals surface area contributed by atoms with Gasteiger partial charge in [-0.1, -0.05) is 36.4 Å². The first-order chi connectivity index (χ1) is 18.5. The number of nitrogens with two attached hydrogens (primary N) is 3. The van der Waals surface area contributed by atoms with Crippen LogP contribution < -0.4 is 22.5 Å². The predicted molar refractivity (Wildman–Crippen MR) is 139 cm³/mol. The van der Waals surface area contributed by atoms with Crippen molar-refractivity contribution < 1.29 is 31.9 Å². The van der Waals surface area contributed by atoms with E-state index < -0.39 is 47.2 Å². The van der Waals surface area contributed by atoms with Crippen LogP contribution in [-0.2, 0) is 33.4 Å². The van der Waals surface area contributed by atoms with Crippen molar-refractivity contribution in [2.24, 2.45) is 17.2 Å². The molecule has 0 spiro atoms. The van der Waals surface area contributed by atoms with Gasteiger partial charge in [-0.3, -0.25) is 14.4 Å². The summed E-state index contributed by atoms with van der Waals surface area (Å²) in [5.74, 6) is -2.94. The second kappa shape index (κ2) is 15.3. The van der Waals surface area contributed by atoms with E-state index in [-0.39, 0.29) is 57.4 Å². The molecule has 0 unspecified atom stereocenters. The van der Waals surface area contributed by atoms with Crippen molar-refractivity contribution >= 4 is 17.6 Å². The van der Waals surface area contributed by atoms with Crippen molar-refractivity contribution in [3.63, 3.8) is 0 Å². The van der Waals surface area contributed by atoms with Crippen molar-refractivity contribution in [3.05, 3.63) is 71.0 Å². The zero-order valence-corrected chi connectivity index (χ0v) is 21.6. The highest BCUT2D eigenvalue weighted by atomic mass is 19.4. The van der Waals surface area contributed by atoms with Crippen LogP contribution in [0.3, 0.4) is 0 Å². The molecule has 2 amide bonds. The van der Waals surface area contributed by atoms with Crippen LogP contribution >= 0.6 is 0 Å². The zero-order chi connectivity index (χ0) is 29.0. The molecule has 0 saturated carbocycles. The lowest BCUT2D eigenvalue weighted by Crippen LogP contribution is -2.51. The Morgan fingerprint density at radius 1 is 0.923 bits per heavy atom. The van der Waals surface area contributed by atoms with Crippen LogP contribution in [0.5, 0.6) is 0 Å². The van der Waals surface area contributed by atoms with Gasteiger partial charge in [0.05, 0.1) is 24.1 Å². The van der Waals surface area contributed by atoms with Gasteiger partial charge in [-0.25, -0.2) is 4.39 Å². The molecule has 7 N–H and O–H groups in total. The Hall–Kier alpha value is -3.35. The molecule has 0 aliphatic heterocycles. The minimum Gasteiger partial charge on any atom is -0.345 e. The number of nitrogens with zero attached hydrogens (tertiary/aromatic N) is 1. The van der Waals surface area contributed by atoms with Crippen LogP contribution in [0.25, 0.3) is 0 Å². The fourth-order valence-corrected chi connectivity index (χ4v) is 4.02. The predicted octanol–water partition coefficient (Wildman–Crippen LogP) is 1.93. The van der Waals surface area contributed by atoms with Gasteiger partial charge in [-0.05, 0) is 42.5 Å². The van der Waals surface area contributed by atoms with E-state index in [1.807, 2.05) is 30.3 Å². The number of Topliss-reactive ketones (excluding diaryl/α,β-unsaturated/α-hetero) is 1. The SMILES string of the molecule is NCCN(CCN)C(=O)C[C@H](N)C(=O)N[C@H](CCc1ccccc1)C(=O)CCc1ccc(F)c(C(F)(F)F)c1. The van der Waals surface area contributed by atoms with Crippen LogP contribution in [-0.4, -0.2) is 60.8 Å². The highest BCUT2D eigenvalue weighted by molar-refractivity contribution is 5.93. The Bertz CT molecular complexity index is 1090. The molecular formula is C27H35F4N5O3. The summed E-state index contributed by atoms with van der Waals surface area (Å²) in [4.78, 5) is 39.9. The summed E-state index contributed by atoms with van der Waals surface area (Å²) in [6.07, 6.45) is -4.83. The van der Waals surface area contributed by atoms with Gasteiger partial charge in [0.25, 0.3) is 0 Å². The molecule has 0 radical (unpaired) electrons. The van der Waals surface area contributed by atoms with Gasteiger partial charge in [0.15, 0.2) is 5.78 Å². The minimum absolute atomic E-state index is 0.0857. The molecule has 39 heavy (non-hydrogen) atoms. The van der Waals surface area contributed by atoms with Crippen molar-refractivity contribution in [3.8, 4) is 0 Å². The fourth-order valence-electron chi connectivity index (χ4n) is 4.02. The van der Waals surface area contributed by atoms with Gasteiger partial charge in [0.1, 0.15) is 5.82 Å². The molecule has 0 bridgehead atoms. The fraction of sp³-hybridized carbons (Fsp3) is 0.444. The number of ketones is 1. The van der Waals surface area contributed by atoms with Crippen molar-refractivity contribution in [2.45, 2.75) is 50.4 Å². The molecule has 0 saturated heterocycles. The van der Waals surface area contributed by atoms with E-state index in [0.717, 1.165) is 5.56 Å². The number of carbonyl (C=O) groups is 3. The van der Waals surface area contributed by atoms with Gasteiger partial charge >= 0.3 is 6.18 Å². The van der Waals surface area contributed by atoms with E-state index in [9.17, 15) is 31.9 Å². The third-order valence-electron chi connectivity index (χ3n) is 6.15. The first-order valence-corrected chi connectivity index (χ1v) is 12.6. The third-order valence-corrected chi connectivity index (χ3v) is 6.15. The lowest BCUT2D eigenvalue weighted by Gasteiger charge is -2.24. The summed E-state index contributed by atoms with van der Waals surface area (Å²) in [7, 11) is 0. The van der Waals surface area contributed by atoms with E-state index in [2.05, 4.69) is 5.32 Å². The summed E-state index contributed by atoms with van der Waals surface area (Å²) >= 11 is 0. The molecule has 2 aromatic rings. The molecule has 0 aliphatic rings. The van der Waals surface area contributed by atoms with Crippen molar-refractivity contribution in [2.75, 3.05) is 26.2 Å². The highest BCUT2D eigenvalue weighted by Gasteiger charge is 2.34. The Labute approximate surface area is 224 Å². The average Bonchev–Trinajstić information content (AvgIpc) is 2.89. The largest absolute Gasteiger partial charge is 0.419 e. The summed E-state index contributed by atoms with van der Waals surface area (Å²) in [6, 6.07) is 9.54. The highest BCUT2D eigenvalue weighted by Crippen LogP contribution is 2.32. The number of carbonyl (C=O) groups excluding carboxylic acids is 3. The molecule has 0 heterocycles. The van der Waals surface area contributed by atoms with Gasteiger partial charge in [-0.2, -0.15) is 13.2 Å². The second-order valence-electron chi connectivity index (χ2n) is 9.13. The molecule has 2 aromatic carbocycles. The van der Waals surface area contributed by atoms with Crippen molar-refractivity contribution in [1.82, 2.24) is 10.2 Å². The molecule has 8 nitrogen and oxygen atoms in total. The summed E-state index contributed by atoms with van der Waals surface area (Å²) in [5.41, 5.74) is 16.6. The molecule has 2 atom stereocenters. The van der Waals surface area contributed by atoms with Crippen molar-refractivity contribution in [1.29, 1.82) is 0 Å². The summed E-state index contributed by atoms with van der Waals surface area (Å²) in [5, 5.41) is 2.60. The van der Waals surface area contributed by atoms with E-state index in [0.29, 0.717) is 18.6 Å². The maximum atomic E-state index is 13.6. The van der Waals surface area contributed by atoms with E-state index in [1.165, 1.54) is 11.0 Å². The topological polar surface area (TPSA) is 145 Å². The summed E-state index contributed by atoms with van der Waals surface area (Å²) in [6.45, 7) is 0.924. The number of halogens is 4. The van der Waals surface area contributed by atoms with Gasteiger partial charge in [0, 0.05) is 32.6 Å². The number of aryl methyl sites for hydroxylation is 2. The molecule has 214 valence electrons. The molecule has 0 fully saturated rings. The standard InChI is InChI=1S/C27H35F4N5O3/c28-21-9-6-19(16-20(21)27(29,30)31)8-11-24(37)23(10-7-18-4-2-1-3-5-18)35-26(39)22(34)17-25(38)36(14-12-32)15-13-33/h1-6,9,16,22-23H,7-8,10-15,17,32-34H2,(H,35,39)/t22-,23+/m0/s1. The number of nitrogens with one attached hydrogen (secondary N) is 1. The molecule has 2 rings (SSSR count). The molecular weight excluding hydrogens is 518 g/mol. The zero-order valence-electron chi connectivity index (χ0n) is 21.6.